The Kier molecular flexibility index (Phi) is 4.96. The van der Waals surface area contributed by atoms with Gasteiger partial charge in [-0.2, -0.15) is 0 Å². The molecule has 0 bridgehead atoms. The Morgan fingerprint density at radius 2 is 1.61 bits per heavy atom. The van der Waals surface area contributed by atoms with Crippen molar-refractivity contribution in [2.45, 2.75) is 19.9 Å². The van der Waals surface area contributed by atoms with Crippen molar-refractivity contribution in [3.8, 4) is 22.9 Å². The van der Waals surface area contributed by atoms with Crippen molar-refractivity contribution in [2.75, 3.05) is 16.5 Å². The summed E-state index contributed by atoms with van der Waals surface area (Å²) in [4.78, 5) is 17.9. The monoisotopic (exact) mass is 409 g/mol. The van der Waals surface area contributed by atoms with E-state index in [0.29, 0.717) is 17.5 Å². The van der Waals surface area contributed by atoms with E-state index in [2.05, 4.69) is 62.9 Å². The van der Waals surface area contributed by atoms with E-state index in [-0.39, 0.29) is 0 Å². The van der Waals surface area contributed by atoms with Crippen LogP contribution in [0.2, 0.25) is 0 Å². The highest BCUT2D eigenvalue weighted by Gasteiger charge is 2.28. The minimum atomic E-state index is 0.403. The van der Waals surface area contributed by atoms with Gasteiger partial charge in [0.05, 0.1) is 47.5 Å². The second kappa shape index (κ2) is 8.07. The molecule has 0 saturated carbocycles. The molecule has 4 heterocycles. The highest BCUT2D eigenvalue weighted by Crippen LogP contribution is 2.41. The summed E-state index contributed by atoms with van der Waals surface area (Å²) >= 11 is 0. The summed E-state index contributed by atoms with van der Waals surface area (Å²) in [6.45, 7) is 5.20. The number of ether oxygens (including phenoxy) is 1. The minimum Gasteiger partial charge on any atom is -0.456 e. The maximum atomic E-state index is 6.13. The number of rotatable bonds is 5. The molecule has 0 fully saturated rings. The molecule has 6 nitrogen and oxygen atoms in total. The third kappa shape index (κ3) is 3.80. The predicted molar refractivity (Wildman–Crippen MR) is 123 cm³/mol. The van der Waals surface area contributed by atoms with Crippen LogP contribution in [0.15, 0.2) is 85.5 Å². The van der Waals surface area contributed by atoms with Gasteiger partial charge < -0.3 is 14.5 Å². The number of hydrogen-bond donors (Lipinski definition) is 0. The normalized spacial score (nSPS) is 12.9. The zero-order chi connectivity index (χ0) is 21.2. The van der Waals surface area contributed by atoms with Crippen LogP contribution in [0.25, 0.3) is 11.4 Å². The molecule has 0 unspecified atom stereocenters. The van der Waals surface area contributed by atoms with Gasteiger partial charge in [-0.05, 0) is 44.2 Å². The molecule has 0 spiro atoms. The van der Waals surface area contributed by atoms with E-state index < -0.39 is 0 Å². The second-order valence-corrected chi connectivity index (χ2v) is 7.69. The van der Waals surface area contributed by atoms with E-state index in [1.54, 1.807) is 18.6 Å². The van der Waals surface area contributed by atoms with Crippen LogP contribution < -0.4 is 14.5 Å². The van der Waals surface area contributed by atoms with E-state index in [4.69, 9.17) is 4.74 Å². The van der Waals surface area contributed by atoms with Crippen molar-refractivity contribution in [2.24, 2.45) is 0 Å². The molecule has 5 rings (SSSR count). The van der Waals surface area contributed by atoms with E-state index in [0.717, 1.165) is 23.7 Å². The number of aromatic nitrogens is 3. The maximum Gasteiger partial charge on any atom is 0.147 e. The van der Waals surface area contributed by atoms with Gasteiger partial charge in [0.25, 0.3) is 0 Å². The molecule has 0 radical (unpaired) electrons. The number of fused-ring (bicyclic) bond motifs is 1. The summed E-state index contributed by atoms with van der Waals surface area (Å²) in [5.41, 5.74) is 4.98. The third-order valence-electron chi connectivity index (χ3n) is 5.30. The fourth-order valence-electron chi connectivity index (χ4n) is 3.78. The molecule has 0 amide bonds. The van der Waals surface area contributed by atoms with Gasteiger partial charge in [-0.25, -0.2) is 0 Å². The second-order valence-electron chi connectivity index (χ2n) is 7.69. The molecular weight excluding hydrogens is 386 g/mol. The highest BCUT2D eigenvalue weighted by molar-refractivity contribution is 5.82. The van der Waals surface area contributed by atoms with Crippen molar-refractivity contribution in [3.63, 3.8) is 0 Å². The fraction of sp³-hybridized carbons (Fsp3) is 0.160. The molecule has 0 aliphatic carbocycles. The Hall–Kier alpha value is -3.93. The molecule has 0 saturated heterocycles. The molecule has 3 aromatic heterocycles. The molecule has 1 aliphatic rings. The zero-order valence-electron chi connectivity index (χ0n) is 17.5. The van der Waals surface area contributed by atoms with Crippen LogP contribution in [-0.4, -0.2) is 27.7 Å². The van der Waals surface area contributed by atoms with E-state index in [1.165, 1.54) is 11.4 Å². The number of nitrogens with zero attached hydrogens (tertiary/aromatic N) is 5. The van der Waals surface area contributed by atoms with Gasteiger partial charge in [0, 0.05) is 30.6 Å². The van der Waals surface area contributed by atoms with Crippen LogP contribution in [0.1, 0.15) is 13.8 Å². The lowest BCUT2D eigenvalue weighted by Gasteiger charge is -2.25. The Morgan fingerprint density at radius 3 is 2.42 bits per heavy atom. The molecule has 154 valence electrons. The van der Waals surface area contributed by atoms with Gasteiger partial charge in [0.15, 0.2) is 0 Å². The largest absolute Gasteiger partial charge is 0.456 e. The van der Waals surface area contributed by atoms with E-state index in [9.17, 15) is 0 Å². The molecule has 0 N–H and O–H groups in total. The molecule has 4 aromatic rings. The molecule has 31 heavy (non-hydrogen) atoms. The molecule has 1 aromatic carbocycles. The zero-order valence-corrected chi connectivity index (χ0v) is 17.5. The Balaban J connectivity index is 1.42. The Morgan fingerprint density at radius 1 is 0.806 bits per heavy atom. The van der Waals surface area contributed by atoms with Crippen LogP contribution in [0, 0.1) is 0 Å². The van der Waals surface area contributed by atoms with Crippen LogP contribution >= 0.6 is 0 Å². The van der Waals surface area contributed by atoms with Crippen molar-refractivity contribution in [1.82, 2.24) is 15.0 Å². The lowest BCUT2D eigenvalue weighted by molar-refractivity contribution is 0.480. The average molecular weight is 409 g/mol. The Bertz CT molecular complexity index is 1200. The number of benzene rings is 1. The number of para-hydroxylation sites is 2. The van der Waals surface area contributed by atoms with Crippen molar-refractivity contribution >= 4 is 17.1 Å². The van der Waals surface area contributed by atoms with Gasteiger partial charge in [-0.15, -0.1) is 0 Å². The summed E-state index contributed by atoms with van der Waals surface area (Å²) in [5.74, 6) is 1.37. The van der Waals surface area contributed by atoms with E-state index in [1.807, 2.05) is 42.6 Å². The van der Waals surface area contributed by atoms with E-state index >= 15 is 0 Å². The molecule has 0 atom stereocenters. The van der Waals surface area contributed by atoms with Crippen LogP contribution in [0.5, 0.6) is 11.5 Å². The first-order valence-electron chi connectivity index (χ1n) is 10.3. The topological polar surface area (TPSA) is 54.4 Å². The van der Waals surface area contributed by atoms with Crippen LogP contribution in [-0.2, 0) is 0 Å². The first-order valence-corrected chi connectivity index (χ1v) is 10.3. The smallest absolute Gasteiger partial charge is 0.147 e. The van der Waals surface area contributed by atoms with Crippen LogP contribution in [0.3, 0.4) is 0 Å². The quantitative estimate of drug-likeness (QED) is 0.424. The van der Waals surface area contributed by atoms with Crippen LogP contribution in [0.4, 0.5) is 17.1 Å². The van der Waals surface area contributed by atoms with Crippen molar-refractivity contribution < 1.29 is 4.74 Å². The summed E-state index contributed by atoms with van der Waals surface area (Å²) in [6, 6.07) is 20.4. The first kappa shape index (κ1) is 19.1. The summed E-state index contributed by atoms with van der Waals surface area (Å²) in [6.07, 6.45) is 7.09. The maximum absolute atomic E-state index is 6.13. The fourth-order valence-corrected chi connectivity index (χ4v) is 3.78. The predicted octanol–water partition coefficient (Wildman–Crippen LogP) is 5.65. The first-order chi connectivity index (χ1) is 15.2. The number of hydrogen-bond acceptors (Lipinski definition) is 6. The SMILES string of the molecule is CC(C)N1CN(c2cncc(Oc3ccnc(-c4ccccn4)c3)c2)c2ccccc21. The van der Waals surface area contributed by atoms with Gasteiger partial charge in [0.1, 0.15) is 11.5 Å². The highest BCUT2D eigenvalue weighted by atomic mass is 16.5. The molecule has 1 aliphatic heterocycles. The minimum absolute atomic E-state index is 0.403. The van der Waals surface area contributed by atoms with Crippen molar-refractivity contribution in [1.29, 1.82) is 0 Å². The Labute approximate surface area is 181 Å². The van der Waals surface area contributed by atoms with Crippen molar-refractivity contribution in [3.05, 3.63) is 85.5 Å². The van der Waals surface area contributed by atoms with Gasteiger partial charge in [-0.1, -0.05) is 18.2 Å². The lowest BCUT2D eigenvalue weighted by Crippen LogP contribution is -2.33. The number of anilines is 3. The number of pyridine rings is 3. The van der Waals surface area contributed by atoms with Gasteiger partial charge >= 0.3 is 0 Å². The summed E-state index contributed by atoms with van der Waals surface area (Å²) in [5, 5.41) is 0. The van der Waals surface area contributed by atoms with Gasteiger partial charge in [-0.3, -0.25) is 15.0 Å². The standard InChI is InChI=1S/C25H23N5O/c1-18(2)29-17-30(25-9-4-3-8-24(25)29)19-13-21(16-26-15-19)31-20-10-12-28-23(14-20)22-7-5-6-11-27-22/h3-16,18H,17H2,1-2H3. The van der Waals surface area contributed by atoms with Gasteiger partial charge in [0.2, 0.25) is 0 Å². The molecular formula is C25H23N5O. The lowest BCUT2D eigenvalue weighted by atomic mass is 10.2. The average Bonchev–Trinajstić information content (AvgIpc) is 3.20. The third-order valence-corrected chi connectivity index (χ3v) is 5.30. The molecule has 6 heteroatoms. The summed E-state index contributed by atoms with van der Waals surface area (Å²) < 4.78 is 6.13. The summed E-state index contributed by atoms with van der Waals surface area (Å²) in [7, 11) is 0.